The summed E-state index contributed by atoms with van der Waals surface area (Å²) in [7, 11) is 0. The van der Waals surface area contributed by atoms with Crippen molar-refractivity contribution in [2.24, 2.45) is 0 Å². The Hall–Kier alpha value is -2.28. The van der Waals surface area contributed by atoms with E-state index in [1.165, 1.54) is 66.4 Å². The van der Waals surface area contributed by atoms with Gasteiger partial charge >= 0.3 is 0 Å². The van der Waals surface area contributed by atoms with Gasteiger partial charge < -0.3 is 4.90 Å². The van der Waals surface area contributed by atoms with Crippen molar-refractivity contribution in [1.29, 1.82) is 0 Å². The first-order valence-electron chi connectivity index (χ1n) is 8.71. The highest BCUT2D eigenvalue weighted by molar-refractivity contribution is 5.94. The molecule has 0 N–H and O–H groups in total. The van der Waals surface area contributed by atoms with E-state index in [1.807, 2.05) is 0 Å². The van der Waals surface area contributed by atoms with Crippen LogP contribution < -0.4 is 4.90 Å². The van der Waals surface area contributed by atoms with Gasteiger partial charge in [0.15, 0.2) is 0 Å². The Morgan fingerprint density at radius 3 is 2.04 bits per heavy atom. The highest BCUT2D eigenvalue weighted by atomic mass is 15.1. The predicted octanol–water partition coefficient (Wildman–Crippen LogP) is 5.64. The van der Waals surface area contributed by atoms with E-state index >= 15 is 0 Å². The molecule has 0 saturated carbocycles. The highest BCUT2D eigenvalue weighted by Crippen LogP contribution is 2.29. The molecule has 0 unspecified atom stereocenters. The van der Waals surface area contributed by atoms with Gasteiger partial charge in [-0.05, 0) is 48.3 Å². The molecule has 3 aliphatic rings. The van der Waals surface area contributed by atoms with E-state index in [-0.39, 0.29) is 0 Å². The molecule has 0 aromatic heterocycles. The Morgan fingerprint density at radius 1 is 0.696 bits per heavy atom. The third-order valence-corrected chi connectivity index (χ3v) is 4.89. The molecule has 0 radical (unpaired) electrons. The zero-order valence-electron chi connectivity index (χ0n) is 13.5. The topological polar surface area (TPSA) is 3.24 Å². The smallest absolute Gasteiger partial charge is 0.0445 e. The SMILES string of the molecule is C1=CC2=CC=C1C2.c1ccc2c(N3CCCCC3)cccc2c1. The minimum Gasteiger partial charge on any atom is -0.371 e. The summed E-state index contributed by atoms with van der Waals surface area (Å²) >= 11 is 0. The van der Waals surface area contributed by atoms with Crippen LogP contribution >= 0.6 is 0 Å². The number of piperidine rings is 1. The molecule has 2 aromatic carbocycles. The predicted molar refractivity (Wildman–Crippen MR) is 99.9 cm³/mol. The van der Waals surface area contributed by atoms with E-state index in [1.54, 1.807) is 0 Å². The minimum absolute atomic E-state index is 1.19. The van der Waals surface area contributed by atoms with Crippen molar-refractivity contribution < 1.29 is 0 Å². The van der Waals surface area contributed by atoms with Gasteiger partial charge in [-0.1, -0.05) is 60.7 Å². The van der Waals surface area contributed by atoms with Gasteiger partial charge in [0.1, 0.15) is 0 Å². The maximum absolute atomic E-state index is 2.53. The van der Waals surface area contributed by atoms with E-state index in [0.29, 0.717) is 0 Å². The summed E-state index contributed by atoms with van der Waals surface area (Å²) in [5.74, 6) is 0. The molecule has 1 nitrogen and oxygen atoms in total. The Bertz CT molecular complexity index is 763. The average molecular weight is 301 g/mol. The molecular weight excluding hydrogens is 278 g/mol. The number of fused-ring (bicyclic) bond motifs is 3. The second kappa shape index (κ2) is 6.45. The van der Waals surface area contributed by atoms with Crippen molar-refractivity contribution >= 4 is 16.5 Å². The van der Waals surface area contributed by atoms with Gasteiger partial charge in [0.25, 0.3) is 0 Å². The molecule has 2 aromatic rings. The lowest BCUT2D eigenvalue weighted by atomic mass is 10.1. The maximum Gasteiger partial charge on any atom is 0.0445 e. The highest BCUT2D eigenvalue weighted by Gasteiger charge is 2.12. The summed E-state index contributed by atoms with van der Waals surface area (Å²) in [4.78, 5) is 2.53. The number of hydrogen-bond donors (Lipinski definition) is 0. The molecule has 1 saturated heterocycles. The van der Waals surface area contributed by atoms with E-state index in [2.05, 4.69) is 71.7 Å². The molecule has 1 heteroatoms. The van der Waals surface area contributed by atoms with Crippen molar-refractivity contribution in [3.05, 3.63) is 77.9 Å². The lowest BCUT2D eigenvalue weighted by Gasteiger charge is -2.29. The maximum atomic E-state index is 2.53. The second-order valence-corrected chi connectivity index (χ2v) is 6.54. The fraction of sp³-hybridized carbons (Fsp3) is 0.273. The van der Waals surface area contributed by atoms with Crippen LogP contribution in [-0.2, 0) is 0 Å². The van der Waals surface area contributed by atoms with Crippen molar-refractivity contribution in [2.75, 3.05) is 18.0 Å². The summed E-state index contributed by atoms with van der Waals surface area (Å²) in [6, 6.07) is 15.3. The molecule has 23 heavy (non-hydrogen) atoms. The first-order valence-corrected chi connectivity index (χ1v) is 8.71. The molecule has 5 rings (SSSR count). The van der Waals surface area contributed by atoms with Gasteiger partial charge in [-0.15, -0.1) is 0 Å². The van der Waals surface area contributed by atoms with Gasteiger partial charge in [-0.3, -0.25) is 0 Å². The van der Waals surface area contributed by atoms with E-state index < -0.39 is 0 Å². The molecular formula is C22H23N. The monoisotopic (exact) mass is 301 g/mol. The lowest BCUT2D eigenvalue weighted by molar-refractivity contribution is 0.579. The van der Waals surface area contributed by atoms with Gasteiger partial charge in [0, 0.05) is 24.2 Å². The molecule has 2 aliphatic carbocycles. The summed E-state index contributed by atoms with van der Waals surface area (Å²) in [5.41, 5.74) is 4.35. The zero-order chi connectivity index (χ0) is 15.5. The summed E-state index contributed by atoms with van der Waals surface area (Å²) < 4.78 is 0. The third kappa shape index (κ3) is 3.10. The fourth-order valence-electron chi connectivity index (χ4n) is 3.63. The van der Waals surface area contributed by atoms with Crippen LogP contribution in [0, 0.1) is 0 Å². The molecule has 1 fully saturated rings. The number of hydrogen-bond acceptors (Lipinski definition) is 1. The van der Waals surface area contributed by atoms with Gasteiger partial charge in [-0.2, -0.15) is 0 Å². The molecule has 0 spiro atoms. The first-order chi connectivity index (χ1) is 11.4. The Labute approximate surface area is 138 Å². The van der Waals surface area contributed by atoms with Crippen LogP contribution in [0.25, 0.3) is 10.8 Å². The van der Waals surface area contributed by atoms with Crippen molar-refractivity contribution in [2.45, 2.75) is 25.7 Å². The van der Waals surface area contributed by atoms with Crippen LogP contribution in [0.4, 0.5) is 5.69 Å². The molecule has 116 valence electrons. The van der Waals surface area contributed by atoms with Crippen LogP contribution in [0.15, 0.2) is 77.9 Å². The summed E-state index contributed by atoms with van der Waals surface area (Å²) in [6.07, 6.45) is 14.0. The van der Waals surface area contributed by atoms with Crippen molar-refractivity contribution in [3.63, 3.8) is 0 Å². The molecule has 0 amide bonds. The average Bonchev–Trinajstić information content (AvgIpc) is 3.28. The zero-order valence-corrected chi connectivity index (χ0v) is 13.5. The second-order valence-electron chi connectivity index (χ2n) is 6.54. The van der Waals surface area contributed by atoms with Gasteiger partial charge in [0.05, 0.1) is 0 Å². The number of benzene rings is 2. The van der Waals surface area contributed by atoms with Gasteiger partial charge in [0.2, 0.25) is 0 Å². The minimum atomic E-state index is 1.19. The van der Waals surface area contributed by atoms with E-state index in [4.69, 9.17) is 0 Å². The molecule has 2 bridgehead atoms. The molecule has 1 heterocycles. The largest absolute Gasteiger partial charge is 0.371 e. The molecule has 0 atom stereocenters. The molecule has 1 aliphatic heterocycles. The Morgan fingerprint density at radius 2 is 1.39 bits per heavy atom. The normalized spacial score (nSPS) is 18.5. The summed E-state index contributed by atoms with van der Waals surface area (Å²) in [6.45, 7) is 2.43. The lowest BCUT2D eigenvalue weighted by Crippen LogP contribution is -2.29. The number of anilines is 1. The van der Waals surface area contributed by atoms with Crippen LogP contribution in [0.2, 0.25) is 0 Å². The first kappa shape index (κ1) is 14.3. The van der Waals surface area contributed by atoms with Gasteiger partial charge in [-0.25, -0.2) is 0 Å². The Balaban J connectivity index is 0.000000160. The van der Waals surface area contributed by atoms with Crippen LogP contribution in [0.5, 0.6) is 0 Å². The van der Waals surface area contributed by atoms with Crippen LogP contribution in [-0.4, -0.2) is 13.1 Å². The van der Waals surface area contributed by atoms with E-state index in [0.717, 1.165) is 0 Å². The van der Waals surface area contributed by atoms with Crippen LogP contribution in [0.1, 0.15) is 25.7 Å². The van der Waals surface area contributed by atoms with E-state index in [9.17, 15) is 0 Å². The number of rotatable bonds is 1. The Kier molecular flexibility index (Phi) is 4.02. The number of nitrogens with zero attached hydrogens (tertiary/aromatic N) is 1. The third-order valence-electron chi connectivity index (χ3n) is 4.89. The van der Waals surface area contributed by atoms with Crippen LogP contribution in [0.3, 0.4) is 0 Å². The fourth-order valence-corrected chi connectivity index (χ4v) is 3.63. The quantitative estimate of drug-likeness (QED) is 0.658. The summed E-state index contributed by atoms with van der Waals surface area (Å²) in [5, 5.41) is 2.75. The van der Waals surface area contributed by atoms with Crippen molar-refractivity contribution in [3.8, 4) is 0 Å². The standard InChI is InChI=1S/C15H17N.C7H6/c1-4-11-16(12-5-1)15-10-6-8-13-7-2-3-9-14(13)15;1-2-7-4-3-6(1)5-7/h2-3,6-10H,1,4-5,11-12H2;1-4H,5H2. The van der Waals surface area contributed by atoms with Crippen molar-refractivity contribution in [1.82, 2.24) is 0 Å². The number of allylic oxidation sites excluding steroid dienone is 6.